The van der Waals surface area contributed by atoms with Crippen LogP contribution < -0.4 is 0 Å². The lowest BCUT2D eigenvalue weighted by molar-refractivity contribution is -0.151. The van der Waals surface area contributed by atoms with E-state index in [1.807, 2.05) is 26.8 Å². The first kappa shape index (κ1) is 16.3. The summed E-state index contributed by atoms with van der Waals surface area (Å²) in [7, 11) is 0. The molecule has 1 saturated heterocycles. The highest BCUT2D eigenvalue weighted by Gasteiger charge is 2.39. The fraction of sp³-hybridized carbons (Fsp3) is 0.588. The van der Waals surface area contributed by atoms with E-state index in [4.69, 9.17) is 11.6 Å². The van der Waals surface area contributed by atoms with Gasteiger partial charge in [-0.25, -0.2) is 0 Å². The molecular formula is C17H24ClNO2. The maximum Gasteiger partial charge on any atom is 0.309 e. The van der Waals surface area contributed by atoms with E-state index in [9.17, 15) is 9.90 Å². The molecule has 4 heteroatoms. The van der Waals surface area contributed by atoms with Crippen molar-refractivity contribution in [1.29, 1.82) is 0 Å². The molecule has 1 aromatic carbocycles. The van der Waals surface area contributed by atoms with Gasteiger partial charge in [0.15, 0.2) is 0 Å². The molecule has 1 unspecified atom stereocenters. The SMILES string of the molecule is Cc1ccc(CN2CCCC(C(C)(C)C(=O)O)C2)c(Cl)c1. The number of piperidine rings is 1. The molecular weight excluding hydrogens is 286 g/mol. The van der Waals surface area contributed by atoms with Gasteiger partial charge in [0.05, 0.1) is 5.41 Å². The van der Waals surface area contributed by atoms with Crippen LogP contribution in [0.15, 0.2) is 18.2 Å². The van der Waals surface area contributed by atoms with E-state index in [0.717, 1.165) is 48.6 Å². The molecule has 0 aliphatic carbocycles. The van der Waals surface area contributed by atoms with Crippen molar-refractivity contribution in [2.24, 2.45) is 11.3 Å². The molecule has 0 saturated carbocycles. The molecule has 0 spiro atoms. The van der Waals surface area contributed by atoms with Crippen LogP contribution in [0.25, 0.3) is 0 Å². The third-order valence-corrected chi connectivity index (χ3v) is 5.03. The average molecular weight is 310 g/mol. The van der Waals surface area contributed by atoms with Gasteiger partial charge in [-0.15, -0.1) is 0 Å². The molecule has 0 aromatic heterocycles. The van der Waals surface area contributed by atoms with Gasteiger partial charge in [0.2, 0.25) is 0 Å². The molecule has 1 N–H and O–H groups in total. The van der Waals surface area contributed by atoms with Crippen molar-refractivity contribution >= 4 is 17.6 Å². The number of nitrogens with zero attached hydrogens (tertiary/aromatic N) is 1. The third kappa shape index (κ3) is 3.78. The summed E-state index contributed by atoms with van der Waals surface area (Å²) in [5, 5.41) is 10.2. The maximum absolute atomic E-state index is 11.4. The number of aryl methyl sites for hydroxylation is 1. The van der Waals surface area contributed by atoms with Crippen molar-refractivity contribution in [3.05, 3.63) is 34.3 Å². The van der Waals surface area contributed by atoms with Crippen LogP contribution in [0.5, 0.6) is 0 Å². The topological polar surface area (TPSA) is 40.5 Å². The van der Waals surface area contributed by atoms with E-state index in [1.54, 1.807) is 0 Å². The molecule has 1 heterocycles. The van der Waals surface area contributed by atoms with Gasteiger partial charge >= 0.3 is 5.97 Å². The second-order valence-electron chi connectivity index (χ2n) is 6.70. The van der Waals surface area contributed by atoms with Gasteiger partial charge in [-0.05, 0) is 63.3 Å². The monoisotopic (exact) mass is 309 g/mol. The summed E-state index contributed by atoms with van der Waals surface area (Å²) >= 11 is 6.30. The summed E-state index contributed by atoms with van der Waals surface area (Å²) in [4.78, 5) is 13.8. The Morgan fingerprint density at radius 1 is 1.48 bits per heavy atom. The summed E-state index contributed by atoms with van der Waals surface area (Å²) < 4.78 is 0. The summed E-state index contributed by atoms with van der Waals surface area (Å²) in [6.07, 6.45) is 2.03. The number of carboxylic acid groups (broad SMARTS) is 1. The molecule has 2 rings (SSSR count). The van der Waals surface area contributed by atoms with E-state index >= 15 is 0 Å². The summed E-state index contributed by atoms with van der Waals surface area (Å²) in [6, 6.07) is 6.13. The predicted octanol–water partition coefficient (Wildman–Crippen LogP) is 3.97. The number of halogens is 1. The van der Waals surface area contributed by atoms with Gasteiger partial charge in [-0.1, -0.05) is 23.7 Å². The Bertz CT molecular complexity index is 528. The zero-order valence-corrected chi connectivity index (χ0v) is 13.8. The van der Waals surface area contributed by atoms with Crippen LogP contribution >= 0.6 is 11.6 Å². The number of rotatable bonds is 4. The summed E-state index contributed by atoms with van der Waals surface area (Å²) in [5.41, 5.74) is 1.61. The molecule has 1 aliphatic heterocycles. The van der Waals surface area contributed by atoms with Gasteiger partial charge in [0.25, 0.3) is 0 Å². The number of hydrogen-bond acceptors (Lipinski definition) is 2. The molecule has 0 bridgehead atoms. The lowest BCUT2D eigenvalue weighted by Crippen LogP contribution is -2.44. The van der Waals surface area contributed by atoms with Crippen molar-refractivity contribution in [3.8, 4) is 0 Å². The highest BCUT2D eigenvalue weighted by molar-refractivity contribution is 6.31. The third-order valence-electron chi connectivity index (χ3n) is 4.68. The molecule has 0 amide bonds. The molecule has 116 valence electrons. The summed E-state index contributed by atoms with van der Waals surface area (Å²) in [6.45, 7) is 8.33. The molecule has 0 radical (unpaired) electrons. The van der Waals surface area contributed by atoms with Crippen molar-refractivity contribution in [3.63, 3.8) is 0 Å². The van der Waals surface area contributed by atoms with Gasteiger partial charge < -0.3 is 5.11 Å². The number of carbonyl (C=O) groups is 1. The molecule has 1 aromatic rings. The van der Waals surface area contributed by atoms with Crippen molar-refractivity contribution in [1.82, 2.24) is 4.90 Å². The van der Waals surface area contributed by atoms with E-state index in [-0.39, 0.29) is 5.92 Å². The Morgan fingerprint density at radius 3 is 2.81 bits per heavy atom. The standard InChI is InChI=1S/C17H24ClNO2/c1-12-6-7-13(15(18)9-12)10-19-8-4-5-14(11-19)17(2,3)16(20)21/h6-7,9,14H,4-5,8,10-11H2,1-3H3,(H,20,21). The van der Waals surface area contributed by atoms with E-state index in [2.05, 4.69) is 17.0 Å². The fourth-order valence-corrected chi connectivity index (χ4v) is 3.28. The van der Waals surface area contributed by atoms with Crippen molar-refractivity contribution in [2.45, 2.75) is 40.2 Å². The first-order valence-corrected chi connectivity index (χ1v) is 7.89. The predicted molar refractivity (Wildman–Crippen MR) is 85.6 cm³/mol. The van der Waals surface area contributed by atoms with Crippen LogP contribution in [0.4, 0.5) is 0 Å². The minimum absolute atomic E-state index is 0.188. The zero-order chi connectivity index (χ0) is 15.6. The first-order chi connectivity index (χ1) is 9.80. The van der Waals surface area contributed by atoms with Crippen LogP contribution in [0.2, 0.25) is 5.02 Å². The Labute approximate surface area is 131 Å². The lowest BCUT2D eigenvalue weighted by Gasteiger charge is -2.39. The van der Waals surface area contributed by atoms with E-state index < -0.39 is 11.4 Å². The number of carboxylic acids is 1. The Morgan fingerprint density at radius 2 is 2.19 bits per heavy atom. The number of hydrogen-bond donors (Lipinski definition) is 1. The minimum Gasteiger partial charge on any atom is -0.481 e. The van der Waals surface area contributed by atoms with E-state index in [1.165, 1.54) is 0 Å². The fourth-order valence-electron chi connectivity index (χ4n) is 2.98. The number of benzene rings is 1. The normalized spacial score (nSPS) is 20.5. The largest absolute Gasteiger partial charge is 0.481 e. The van der Waals surface area contributed by atoms with Crippen LogP contribution in [0.1, 0.15) is 37.8 Å². The van der Waals surface area contributed by atoms with Gasteiger partial charge in [0.1, 0.15) is 0 Å². The molecule has 1 aliphatic rings. The Balaban J connectivity index is 2.06. The Kier molecular flexibility index (Phi) is 4.95. The average Bonchev–Trinajstić information content (AvgIpc) is 2.42. The highest BCUT2D eigenvalue weighted by Crippen LogP contribution is 2.35. The van der Waals surface area contributed by atoms with Gasteiger partial charge in [-0.2, -0.15) is 0 Å². The van der Waals surface area contributed by atoms with Gasteiger partial charge in [-0.3, -0.25) is 9.69 Å². The molecule has 3 nitrogen and oxygen atoms in total. The van der Waals surface area contributed by atoms with Crippen molar-refractivity contribution < 1.29 is 9.90 Å². The zero-order valence-electron chi connectivity index (χ0n) is 13.0. The highest BCUT2D eigenvalue weighted by atomic mass is 35.5. The maximum atomic E-state index is 11.4. The minimum atomic E-state index is -0.706. The second kappa shape index (κ2) is 6.37. The van der Waals surface area contributed by atoms with Crippen LogP contribution in [0.3, 0.4) is 0 Å². The number of aliphatic carboxylic acids is 1. The lowest BCUT2D eigenvalue weighted by atomic mass is 9.74. The smallest absolute Gasteiger partial charge is 0.309 e. The molecule has 1 atom stereocenters. The number of likely N-dealkylation sites (tertiary alicyclic amines) is 1. The van der Waals surface area contributed by atoms with Crippen LogP contribution in [0, 0.1) is 18.3 Å². The molecule has 21 heavy (non-hydrogen) atoms. The first-order valence-electron chi connectivity index (χ1n) is 7.51. The van der Waals surface area contributed by atoms with Crippen LogP contribution in [-0.4, -0.2) is 29.1 Å². The van der Waals surface area contributed by atoms with Gasteiger partial charge in [0, 0.05) is 18.1 Å². The van der Waals surface area contributed by atoms with Crippen molar-refractivity contribution in [2.75, 3.05) is 13.1 Å². The van der Waals surface area contributed by atoms with E-state index in [0.29, 0.717) is 0 Å². The quantitative estimate of drug-likeness (QED) is 0.915. The summed E-state index contributed by atoms with van der Waals surface area (Å²) in [5.74, 6) is -0.518. The second-order valence-corrected chi connectivity index (χ2v) is 7.10. The Hall–Kier alpha value is -1.06. The van der Waals surface area contributed by atoms with Crippen LogP contribution in [-0.2, 0) is 11.3 Å². The molecule has 1 fully saturated rings.